The predicted molar refractivity (Wildman–Crippen MR) is 87.3 cm³/mol. The highest BCUT2D eigenvalue weighted by atomic mass is 32.2. The molecule has 1 rings (SSSR count). The number of piperazine rings is 1. The molecule has 0 saturated carbocycles. The molecule has 1 unspecified atom stereocenters. The quantitative estimate of drug-likeness (QED) is 0.624. The Bertz CT molecular complexity index is 338. The van der Waals surface area contributed by atoms with Crippen LogP contribution in [0.2, 0.25) is 0 Å². The molecule has 20 heavy (non-hydrogen) atoms. The van der Waals surface area contributed by atoms with E-state index >= 15 is 0 Å². The molecule has 1 saturated heterocycles. The van der Waals surface area contributed by atoms with Gasteiger partial charge in [0.1, 0.15) is 0 Å². The second-order valence-corrected chi connectivity index (χ2v) is 6.72. The van der Waals surface area contributed by atoms with Crippen LogP contribution in [0.3, 0.4) is 0 Å². The van der Waals surface area contributed by atoms with Crippen molar-refractivity contribution in [1.82, 2.24) is 15.1 Å². The number of thioether (sulfide) groups is 1. The van der Waals surface area contributed by atoms with E-state index in [1.807, 2.05) is 37.6 Å². The Labute approximate surface area is 127 Å². The number of rotatable bonds is 4. The molecule has 0 radical (unpaired) electrons. The van der Waals surface area contributed by atoms with Crippen LogP contribution in [0, 0.1) is 5.92 Å². The average Bonchev–Trinajstić information content (AvgIpc) is 2.47. The second-order valence-electron chi connectivity index (χ2n) is 5.44. The smallest absolute Gasteiger partial charge is 0.225 e. The fraction of sp³-hybridized carbons (Fsp3) is 0.857. The molecule has 1 fully saturated rings. The Morgan fingerprint density at radius 2 is 1.75 bits per heavy atom. The molecule has 1 atom stereocenters. The Morgan fingerprint density at radius 3 is 2.20 bits per heavy atom. The van der Waals surface area contributed by atoms with Gasteiger partial charge in [0.2, 0.25) is 5.91 Å². The van der Waals surface area contributed by atoms with E-state index in [4.69, 9.17) is 0 Å². The van der Waals surface area contributed by atoms with Crippen LogP contribution in [-0.2, 0) is 4.79 Å². The lowest BCUT2D eigenvalue weighted by Gasteiger charge is -2.37. The summed E-state index contributed by atoms with van der Waals surface area (Å²) in [5.74, 6) is 1.28. The molecule has 6 heteroatoms. The summed E-state index contributed by atoms with van der Waals surface area (Å²) >= 11 is 1.84. The molecule has 1 aliphatic rings. The number of amides is 1. The highest BCUT2D eigenvalue weighted by molar-refractivity contribution is 7.99. The Balaban J connectivity index is 2.44. The van der Waals surface area contributed by atoms with E-state index in [9.17, 15) is 4.79 Å². The van der Waals surface area contributed by atoms with Crippen molar-refractivity contribution in [3.63, 3.8) is 0 Å². The third-order valence-corrected chi connectivity index (χ3v) is 4.52. The number of carbonyl (C=O) groups excluding carboxylic acids is 1. The SMILES string of the molecule is CN=C(NCC(C)SC)N1CCN(C(=O)C(C)C)CC1. The predicted octanol–water partition coefficient (Wildman–Crippen LogP) is 1.11. The van der Waals surface area contributed by atoms with Crippen molar-refractivity contribution in [2.24, 2.45) is 10.9 Å². The van der Waals surface area contributed by atoms with E-state index in [-0.39, 0.29) is 11.8 Å². The lowest BCUT2D eigenvalue weighted by atomic mass is 10.1. The second kappa shape index (κ2) is 8.39. The maximum atomic E-state index is 12.0. The minimum atomic E-state index is 0.0846. The third kappa shape index (κ3) is 4.89. The fourth-order valence-corrected chi connectivity index (χ4v) is 2.40. The van der Waals surface area contributed by atoms with Gasteiger partial charge in [-0.15, -0.1) is 0 Å². The topological polar surface area (TPSA) is 47.9 Å². The summed E-state index contributed by atoms with van der Waals surface area (Å²) in [6.45, 7) is 10.3. The Kier molecular flexibility index (Phi) is 7.19. The summed E-state index contributed by atoms with van der Waals surface area (Å²) in [7, 11) is 1.82. The number of guanidine groups is 1. The van der Waals surface area contributed by atoms with E-state index in [1.54, 1.807) is 0 Å². The molecule has 0 spiro atoms. The first-order valence-electron chi connectivity index (χ1n) is 7.26. The molecule has 0 aromatic heterocycles. The van der Waals surface area contributed by atoms with Gasteiger partial charge in [0.15, 0.2) is 5.96 Å². The van der Waals surface area contributed by atoms with Crippen LogP contribution in [-0.4, -0.2) is 72.9 Å². The maximum Gasteiger partial charge on any atom is 0.225 e. The van der Waals surface area contributed by atoms with Gasteiger partial charge < -0.3 is 15.1 Å². The van der Waals surface area contributed by atoms with Crippen molar-refractivity contribution >= 4 is 23.6 Å². The molecule has 0 aromatic carbocycles. The highest BCUT2D eigenvalue weighted by Gasteiger charge is 2.24. The van der Waals surface area contributed by atoms with Gasteiger partial charge in [-0.1, -0.05) is 20.8 Å². The minimum Gasteiger partial charge on any atom is -0.355 e. The largest absolute Gasteiger partial charge is 0.355 e. The zero-order chi connectivity index (χ0) is 15.1. The van der Waals surface area contributed by atoms with Crippen molar-refractivity contribution in [1.29, 1.82) is 0 Å². The van der Waals surface area contributed by atoms with Crippen LogP contribution in [0.15, 0.2) is 4.99 Å². The van der Waals surface area contributed by atoms with Gasteiger partial charge in [-0.2, -0.15) is 11.8 Å². The van der Waals surface area contributed by atoms with Gasteiger partial charge in [0.25, 0.3) is 0 Å². The van der Waals surface area contributed by atoms with Crippen molar-refractivity contribution in [2.75, 3.05) is 46.0 Å². The van der Waals surface area contributed by atoms with Crippen LogP contribution in [0.25, 0.3) is 0 Å². The number of carbonyl (C=O) groups is 1. The molecule has 0 aliphatic carbocycles. The first kappa shape index (κ1) is 17.1. The highest BCUT2D eigenvalue weighted by Crippen LogP contribution is 2.08. The van der Waals surface area contributed by atoms with Crippen molar-refractivity contribution < 1.29 is 4.79 Å². The first-order valence-corrected chi connectivity index (χ1v) is 8.55. The lowest BCUT2D eigenvalue weighted by Crippen LogP contribution is -2.54. The normalized spacial score (nSPS) is 18.4. The maximum absolute atomic E-state index is 12.0. The molecule has 1 amide bonds. The summed E-state index contributed by atoms with van der Waals surface area (Å²) < 4.78 is 0. The Morgan fingerprint density at radius 1 is 1.20 bits per heavy atom. The van der Waals surface area contributed by atoms with Crippen LogP contribution in [0.5, 0.6) is 0 Å². The van der Waals surface area contributed by atoms with Crippen molar-refractivity contribution in [3.8, 4) is 0 Å². The van der Waals surface area contributed by atoms with Crippen LogP contribution >= 0.6 is 11.8 Å². The van der Waals surface area contributed by atoms with Crippen LogP contribution in [0.1, 0.15) is 20.8 Å². The minimum absolute atomic E-state index is 0.0846. The molecule has 0 aromatic rings. The van der Waals surface area contributed by atoms with E-state index in [1.165, 1.54) is 0 Å². The summed E-state index contributed by atoms with van der Waals surface area (Å²) in [4.78, 5) is 20.5. The molecule has 1 heterocycles. The van der Waals surface area contributed by atoms with E-state index < -0.39 is 0 Å². The summed E-state index contributed by atoms with van der Waals surface area (Å²) in [6, 6.07) is 0. The zero-order valence-electron chi connectivity index (χ0n) is 13.3. The molecule has 1 aliphatic heterocycles. The van der Waals surface area contributed by atoms with Gasteiger partial charge in [-0.3, -0.25) is 9.79 Å². The van der Waals surface area contributed by atoms with Gasteiger partial charge in [0.05, 0.1) is 0 Å². The summed E-state index contributed by atoms with van der Waals surface area (Å²) in [5, 5.41) is 3.97. The third-order valence-electron chi connectivity index (χ3n) is 3.55. The number of nitrogens with zero attached hydrogens (tertiary/aromatic N) is 3. The zero-order valence-corrected chi connectivity index (χ0v) is 14.2. The number of aliphatic imine (C=N–C) groups is 1. The number of hydrogen-bond donors (Lipinski definition) is 1. The van der Waals surface area contributed by atoms with Gasteiger partial charge in [-0.05, 0) is 6.26 Å². The first-order chi connectivity index (χ1) is 9.49. The average molecular weight is 300 g/mol. The number of hydrogen-bond acceptors (Lipinski definition) is 3. The molecular weight excluding hydrogens is 272 g/mol. The molecule has 0 bridgehead atoms. The number of nitrogens with one attached hydrogen (secondary N) is 1. The molecule has 1 N–H and O–H groups in total. The van der Waals surface area contributed by atoms with E-state index in [0.29, 0.717) is 5.25 Å². The molecule has 116 valence electrons. The van der Waals surface area contributed by atoms with Gasteiger partial charge in [-0.25, -0.2) is 0 Å². The van der Waals surface area contributed by atoms with Gasteiger partial charge >= 0.3 is 0 Å². The van der Waals surface area contributed by atoms with E-state index in [2.05, 4.69) is 28.4 Å². The standard InChI is InChI=1S/C14H28N4OS/c1-11(2)13(19)17-6-8-18(9-7-17)14(15-4)16-10-12(3)20-5/h11-12H,6-10H2,1-5H3,(H,15,16). The van der Waals surface area contributed by atoms with Crippen LogP contribution < -0.4 is 5.32 Å². The van der Waals surface area contributed by atoms with E-state index in [0.717, 1.165) is 38.7 Å². The molecule has 5 nitrogen and oxygen atoms in total. The van der Waals surface area contributed by atoms with Crippen molar-refractivity contribution in [3.05, 3.63) is 0 Å². The molecular formula is C14H28N4OS. The summed E-state index contributed by atoms with van der Waals surface area (Å²) in [6.07, 6.45) is 2.12. The summed E-state index contributed by atoms with van der Waals surface area (Å²) in [5.41, 5.74) is 0. The van der Waals surface area contributed by atoms with Crippen LogP contribution in [0.4, 0.5) is 0 Å². The monoisotopic (exact) mass is 300 g/mol. The fourth-order valence-electron chi connectivity index (χ4n) is 2.15. The van der Waals surface area contributed by atoms with Crippen molar-refractivity contribution in [2.45, 2.75) is 26.0 Å². The lowest BCUT2D eigenvalue weighted by molar-refractivity contribution is -0.135. The van der Waals surface area contributed by atoms with Gasteiger partial charge in [0, 0.05) is 50.9 Å². The Hall–Kier alpha value is -0.910.